The lowest BCUT2D eigenvalue weighted by atomic mass is 9.93. The number of halogens is 2. The Labute approximate surface area is 199 Å². The number of hydrogen-bond donors (Lipinski definition) is 0. The zero-order valence-electron chi connectivity index (χ0n) is 19.7. The van der Waals surface area contributed by atoms with Crippen LogP contribution < -0.4 is 4.90 Å². The van der Waals surface area contributed by atoms with E-state index in [4.69, 9.17) is 4.42 Å². The molecule has 0 bridgehead atoms. The fourth-order valence-electron chi connectivity index (χ4n) is 4.75. The zero-order valence-corrected chi connectivity index (χ0v) is 19.7. The number of rotatable bonds is 9. The third-order valence-electron chi connectivity index (χ3n) is 6.72. The van der Waals surface area contributed by atoms with Crippen LogP contribution in [0.1, 0.15) is 49.7 Å². The van der Waals surface area contributed by atoms with E-state index in [0.717, 1.165) is 24.0 Å². The maximum Gasteiger partial charge on any atom is 0.215 e. The number of ketones is 1. The minimum Gasteiger partial charge on any atom is -0.447 e. The number of benzene rings is 2. The predicted octanol–water partition coefficient (Wildman–Crippen LogP) is 5.41. The van der Waals surface area contributed by atoms with Gasteiger partial charge in [-0.1, -0.05) is 32.0 Å². The van der Waals surface area contributed by atoms with Gasteiger partial charge in [-0.2, -0.15) is 0 Å². The Morgan fingerprint density at radius 2 is 1.74 bits per heavy atom. The number of Topliss-reactive ketones (excluding diaryl/α,β-unsaturated/α-hetero) is 1. The minimum absolute atomic E-state index is 0.0357. The first-order valence-corrected chi connectivity index (χ1v) is 11.9. The lowest BCUT2D eigenvalue weighted by molar-refractivity contribution is -0.122. The van der Waals surface area contributed by atoms with Crippen LogP contribution in [0.5, 0.6) is 0 Å². The number of carbonyl (C=O) groups excluding carboxylic acids is 1. The summed E-state index contributed by atoms with van der Waals surface area (Å²) in [5, 5.41) is 0. The van der Waals surface area contributed by atoms with Crippen molar-refractivity contribution >= 4 is 11.5 Å². The predicted molar refractivity (Wildman–Crippen MR) is 128 cm³/mol. The van der Waals surface area contributed by atoms with Gasteiger partial charge in [-0.25, -0.2) is 13.8 Å². The molecule has 3 aromatic rings. The van der Waals surface area contributed by atoms with Gasteiger partial charge in [0.15, 0.2) is 0 Å². The number of piperazine rings is 1. The van der Waals surface area contributed by atoms with Crippen molar-refractivity contribution in [1.29, 1.82) is 0 Å². The first-order chi connectivity index (χ1) is 16.5. The number of hydrogen-bond acceptors (Lipinski definition) is 5. The van der Waals surface area contributed by atoms with Crippen LogP contribution in [0, 0.1) is 17.6 Å². The molecule has 1 aromatic heterocycles. The monoisotopic (exact) mass is 467 g/mol. The molecule has 0 aliphatic carbocycles. The van der Waals surface area contributed by atoms with Gasteiger partial charge in [-0.3, -0.25) is 9.69 Å². The van der Waals surface area contributed by atoms with Crippen molar-refractivity contribution in [3.05, 3.63) is 83.6 Å². The van der Waals surface area contributed by atoms with Crippen molar-refractivity contribution in [2.45, 2.75) is 39.2 Å². The average molecular weight is 468 g/mol. The van der Waals surface area contributed by atoms with Gasteiger partial charge in [0.05, 0.1) is 11.9 Å². The summed E-state index contributed by atoms with van der Waals surface area (Å²) in [5.74, 6) is 0.168. The van der Waals surface area contributed by atoms with E-state index in [-0.39, 0.29) is 35.8 Å². The van der Waals surface area contributed by atoms with E-state index < -0.39 is 0 Å². The molecule has 4 rings (SSSR count). The highest BCUT2D eigenvalue weighted by molar-refractivity contribution is 5.83. The number of aromatic nitrogens is 1. The van der Waals surface area contributed by atoms with Gasteiger partial charge in [0, 0.05) is 38.5 Å². The van der Waals surface area contributed by atoms with Crippen LogP contribution in [0.4, 0.5) is 14.5 Å². The smallest absolute Gasteiger partial charge is 0.215 e. The summed E-state index contributed by atoms with van der Waals surface area (Å²) in [6.07, 6.45) is 5.03. The summed E-state index contributed by atoms with van der Waals surface area (Å²) in [5.41, 5.74) is 2.17. The van der Waals surface area contributed by atoms with Crippen molar-refractivity contribution in [2.75, 3.05) is 31.1 Å². The second-order valence-corrected chi connectivity index (χ2v) is 8.79. The summed E-state index contributed by atoms with van der Waals surface area (Å²) < 4.78 is 34.1. The third kappa shape index (κ3) is 5.36. The van der Waals surface area contributed by atoms with E-state index in [1.54, 1.807) is 24.4 Å². The van der Waals surface area contributed by atoms with Crippen molar-refractivity contribution in [3.63, 3.8) is 0 Å². The minimum atomic E-state index is -0.300. The normalized spacial score (nSPS) is 15.6. The van der Waals surface area contributed by atoms with Gasteiger partial charge in [-0.15, -0.1) is 0 Å². The molecule has 1 unspecified atom stereocenters. The lowest BCUT2D eigenvalue weighted by Crippen LogP contribution is -2.48. The van der Waals surface area contributed by atoms with Crippen LogP contribution in [-0.2, 0) is 11.2 Å². The second kappa shape index (κ2) is 10.9. The number of carbonyl (C=O) groups is 1. The zero-order chi connectivity index (χ0) is 24.1. The molecule has 0 saturated carbocycles. The number of anilines is 1. The lowest BCUT2D eigenvalue weighted by Gasteiger charge is -2.39. The van der Waals surface area contributed by atoms with Crippen LogP contribution in [0.2, 0.25) is 0 Å². The Bertz CT molecular complexity index is 1070. The molecule has 5 nitrogen and oxygen atoms in total. The fourth-order valence-corrected chi connectivity index (χ4v) is 4.75. The molecule has 1 saturated heterocycles. The molecule has 34 heavy (non-hydrogen) atoms. The third-order valence-corrected chi connectivity index (χ3v) is 6.72. The van der Waals surface area contributed by atoms with Crippen molar-refractivity contribution in [1.82, 2.24) is 9.88 Å². The van der Waals surface area contributed by atoms with E-state index in [0.29, 0.717) is 37.8 Å². The highest BCUT2D eigenvalue weighted by Crippen LogP contribution is 2.30. The van der Waals surface area contributed by atoms with E-state index in [1.165, 1.54) is 24.5 Å². The Kier molecular flexibility index (Phi) is 7.73. The van der Waals surface area contributed by atoms with E-state index in [1.807, 2.05) is 24.8 Å². The van der Waals surface area contributed by atoms with E-state index in [2.05, 4.69) is 9.88 Å². The van der Waals surface area contributed by atoms with Gasteiger partial charge in [0.1, 0.15) is 29.7 Å². The van der Waals surface area contributed by atoms with Gasteiger partial charge in [-0.05, 0) is 48.2 Å². The number of nitrogens with zero attached hydrogens (tertiary/aromatic N) is 3. The van der Waals surface area contributed by atoms with Crippen molar-refractivity contribution in [3.8, 4) is 0 Å². The van der Waals surface area contributed by atoms with Gasteiger partial charge in [0.25, 0.3) is 0 Å². The average Bonchev–Trinajstić information content (AvgIpc) is 3.36. The quantitative estimate of drug-likeness (QED) is 0.421. The van der Waals surface area contributed by atoms with E-state index in [9.17, 15) is 9.18 Å². The summed E-state index contributed by atoms with van der Waals surface area (Å²) in [7, 11) is 0. The van der Waals surface area contributed by atoms with Crippen LogP contribution >= 0.6 is 0 Å². The molecule has 1 atom stereocenters. The van der Waals surface area contributed by atoms with Crippen LogP contribution in [0.25, 0.3) is 0 Å². The molecule has 0 N–H and O–H groups in total. The Morgan fingerprint density at radius 1 is 1.03 bits per heavy atom. The van der Waals surface area contributed by atoms with Crippen LogP contribution in [-0.4, -0.2) is 41.8 Å². The largest absolute Gasteiger partial charge is 0.447 e. The second-order valence-electron chi connectivity index (χ2n) is 8.79. The first kappa shape index (κ1) is 24.1. The Hall–Kier alpha value is -3.06. The maximum atomic E-state index is 15.0. The van der Waals surface area contributed by atoms with Crippen LogP contribution in [0.15, 0.2) is 59.3 Å². The fraction of sp³-hybridized carbons (Fsp3) is 0.407. The summed E-state index contributed by atoms with van der Waals surface area (Å²) >= 11 is 0. The van der Waals surface area contributed by atoms with Gasteiger partial charge < -0.3 is 9.32 Å². The SMILES string of the molecule is CCC(CC)C(=O)Cc1ccc(N2CCN(C(c3ccc(F)cc3)c3ncco3)CC2)c(F)c1. The van der Waals surface area contributed by atoms with Crippen LogP contribution in [0.3, 0.4) is 0 Å². The molecule has 7 heteroatoms. The van der Waals surface area contributed by atoms with Gasteiger partial charge >= 0.3 is 0 Å². The highest BCUT2D eigenvalue weighted by Gasteiger charge is 2.30. The molecule has 1 fully saturated rings. The maximum absolute atomic E-state index is 15.0. The topological polar surface area (TPSA) is 49.6 Å². The van der Waals surface area contributed by atoms with Crippen molar-refractivity contribution < 1.29 is 18.0 Å². The molecule has 0 radical (unpaired) electrons. The first-order valence-electron chi connectivity index (χ1n) is 11.9. The summed E-state index contributed by atoms with van der Waals surface area (Å²) in [6, 6.07) is 11.3. The standard InChI is InChI=1S/C27H31F2N3O2/c1-3-20(4-2)25(33)18-19-5-10-24(23(29)17-19)31-12-14-32(15-13-31)26(27-30-11-16-34-27)21-6-8-22(28)9-7-21/h5-11,16-17,20,26H,3-4,12-15,18H2,1-2H3. The molecule has 2 aromatic carbocycles. The Morgan fingerprint density at radius 3 is 2.32 bits per heavy atom. The highest BCUT2D eigenvalue weighted by atomic mass is 19.1. The Balaban J connectivity index is 1.44. The molecule has 0 amide bonds. The summed E-state index contributed by atoms with van der Waals surface area (Å²) in [6.45, 7) is 6.61. The molecule has 1 aliphatic heterocycles. The molecular weight excluding hydrogens is 436 g/mol. The molecular formula is C27H31F2N3O2. The molecule has 180 valence electrons. The van der Waals surface area contributed by atoms with Gasteiger partial charge in [0.2, 0.25) is 5.89 Å². The molecule has 2 heterocycles. The number of oxazole rings is 1. The van der Waals surface area contributed by atoms with E-state index >= 15 is 4.39 Å². The molecule has 1 aliphatic rings. The van der Waals surface area contributed by atoms with Crippen molar-refractivity contribution in [2.24, 2.45) is 5.92 Å². The summed E-state index contributed by atoms with van der Waals surface area (Å²) in [4.78, 5) is 21.0. The molecule has 0 spiro atoms.